The summed E-state index contributed by atoms with van der Waals surface area (Å²) in [6.07, 6.45) is 3.87. The Morgan fingerprint density at radius 1 is 1.42 bits per heavy atom. The summed E-state index contributed by atoms with van der Waals surface area (Å²) in [5.41, 5.74) is 0.533. The van der Waals surface area contributed by atoms with Crippen LogP contribution in [-0.2, 0) is 0 Å². The Balaban J connectivity index is 2.04. The standard InChI is InChI=1S/C11H20O/c1-7(2)8-4-5-11(3)6-9(11)10(8)12/h7-10,12H,4-6H2,1-3H3/t8-,9?,10+,11+/m0/s1. The van der Waals surface area contributed by atoms with E-state index in [-0.39, 0.29) is 6.10 Å². The molecule has 12 heavy (non-hydrogen) atoms. The molecule has 2 aliphatic rings. The van der Waals surface area contributed by atoms with Crippen LogP contribution < -0.4 is 0 Å². The maximum Gasteiger partial charge on any atom is 0.0604 e. The van der Waals surface area contributed by atoms with Crippen LogP contribution in [0.5, 0.6) is 0 Å². The zero-order valence-electron chi connectivity index (χ0n) is 8.38. The van der Waals surface area contributed by atoms with Gasteiger partial charge in [0, 0.05) is 0 Å². The second kappa shape index (κ2) is 2.47. The van der Waals surface area contributed by atoms with Gasteiger partial charge in [-0.1, -0.05) is 20.8 Å². The van der Waals surface area contributed by atoms with Crippen molar-refractivity contribution < 1.29 is 5.11 Å². The summed E-state index contributed by atoms with van der Waals surface area (Å²) in [5.74, 6) is 1.87. The molecule has 1 unspecified atom stereocenters. The first-order chi connectivity index (χ1) is 5.54. The molecule has 70 valence electrons. The summed E-state index contributed by atoms with van der Waals surface area (Å²) >= 11 is 0. The molecule has 4 atom stereocenters. The molecule has 0 aromatic carbocycles. The van der Waals surface area contributed by atoms with Crippen LogP contribution in [-0.4, -0.2) is 11.2 Å². The number of aliphatic hydroxyl groups is 1. The van der Waals surface area contributed by atoms with Gasteiger partial charge in [-0.15, -0.1) is 0 Å². The predicted molar refractivity (Wildman–Crippen MR) is 49.8 cm³/mol. The monoisotopic (exact) mass is 168 g/mol. The lowest BCUT2D eigenvalue weighted by atomic mass is 9.75. The average Bonchev–Trinajstić information content (AvgIpc) is 2.62. The third-order valence-corrected chi connectivity index (χ3v) is 4.18. The fraction of sp³-hybridized carbons (Fsp3) is 1.00. The number of hydrogen-bond donors (Lipinski definition) is 1. The summed E-state index contributed by atoms with van der Waals surface area (Å²) in [7, 11) is 0. The molecule has 2 fully saturated rings. The molecule has 0 heterocycles. The van der Waals surface area contributed by atoms with Crippen LogP contribution >= 0.6 is 0 Å². The lowest BCUT2D eigenvalue weighted by molar-refractivity contribution is 0.0194. The molecule has 0 saturated heterocycles. The van der Waals surface area contributed by atoms with Gasteiger partial charge in [0.1, 0.15) is 0 Å². The number of rotatable bonds is 1. The van der Waals surface area contributed by atoms with Crippen molar-refractivity contribution >= 4 is 0 Å². The lowest BCUT2D eigenvalue weighted by Gasteiger charge is -2.33. The van der Waals surface area contributed by atoms with E-state index >= 15 is 0 Å². The summed E-state index contributed by atoms with van der Waals surface area (Å²) in [6, 6.07) is 0. The molecule has 0 amide bonds. The van der Waals surface area contributed by atoms with Gasteiger partial charge < -0.3 is 5.11 Å². The van der Waals surface area contributed by atoms with E-state index in [0.717, 1.165) is 0 Å². The molecule has 1 N–H and O–H groups in total. The minimum absolute atomic E-state index is 0.00347. The van der Waals surface area contributed by atoms with Crippen molar-refractivity contribution in [1.82, 2.24) is 0 Å². The maximum absolute atomic E-state index is 10.0. The Morgan fingerprint density at radius 2 is 2.08 bits per heavy atom. The molecule has 2 aliphatic carbocycles. The van der Waals surface area contributed by atoms with Crippen LogP contribution in [0.2, 0.25) is 0 Å². The van der Waals surface area contributed by atoms with E-state index in [0.29, 0.717) is 23.2 Å². The van der Waals surface area contributed by atoms with Gasteiger partial charge >= 0.3 is 0 Å². The first-order valence-electron chi connectivity index (χ1n) is 5.23. The molecule has 0 aliphatic heterocycles. The molecule has 0 spiro atoms. The molecule has 2 saturated carbocycles. The SMILES string of the molecule is CC(C)[C@@H]1CC[C@]2(C)CC2[C@@H]1O. The molecular formula is C11H20O. The van der Waals surface area contributed by atoms with E-state index in [1.54, 1.807) is 0 Å². The van der Waals surface area contributed by atoms with Gasteiger partial charge in [-0.05, 0) is 42.4 Å². The molecule has 0 radical (unpaired) electrons. The fourth-order valence-electron chi connectivity index (χ4n) is 2.96. The zero-order valence-corrected chi connectivity index (χ0v) is 8.38. The van der Waals surface area contributed by atoms with Crippen LogP contribution in [0.4, 0.5) is 0 Å². The van der Waals surface area contributed by atoms with Crippen molar-refractivity contribution in [1.29, 1.82) is 0 Å². The lowest BCUT2D eigenvalue weighted by Crippen LogP contribution is -2.33. The van der Waals surface area contributed by atoms with Crippen molar-refractivity contribution in [2.75, 3.05) is 0 Å². The minimum Gasteiger partial charge on any atom is -0.393 e. The highest BCUT2D eigenvalue weighted by atomic mass is 16.3. The first kappa shape index (κ1) is 8.55. The summed E-state index contributed by atoms with van der Waals surface area (Å²) in [5, 5.41) is 10.0. The summed E-state index contributed by atoms with van der Waals surface area (Å²) < 4.78 is 0. The molecule has 2 rings (SSSR count). The number of aliphatic hydroxyl groups excluding tert-OH is 1. The summed E-state index contributed by atoms with van der Waals surface area (Å²) in [4.78, 5) is 0. The van der Waals surface area contributed by atoms with E-state index in [9.17, 15) is 5.11 Å². The van der Waals surface area contributed by atoms with E-state index < -0.39 is 0 Å². The molecule has 0 aromatic heterocycles. The molecule has 1 nitrogen and oxygen atoms in total. The van der Waals surface area contributed by atoms with Gasteiger partial charge in [-0.25, -0.2) is 0 Å². The molecular weight excluding hydrogens is 148 g/mol. The van der Waals surface area contributed by atoms with Gasteiger partial charge in [-0.3, -0.25) is 0 Å². The van der Waals surface area contributed by atoms with Gasteiger partial charge in [-0.2, -0.15) is 0 Å². The average molecular weight is 168 g/mol. The zero-order chi connectivity index (χ0) is 8.93. The smallest absolute Gasteiger partial charge is 0.0604 e. The predicted octanol–water partition coefficient (Wildman–Crippen LogP) is 2.44. The minimum atomic E-state index is 0.00347. The topological polar surface area (TPSA) is 20.2 Å². The van der Waals surface area contributed by atoms with E-state index in [2.05, 4.69) is 20.8 Å². The van der Waals surface area contributed by atoms with Crippen LogP contribution in [0.3, 0.4) is 0 Å². The van der Waals surface area contributed by atoms with Gasteiger partial charge in [0.25, 0.3) is 0 Å². The number of fused-ring (bicyclic) bond motifs is 1. The normalized spacial score (nSPS) is 52.2. The fourth-order valence-corrected chi connectivity index (χ4v) is 2.96. The Kier molecular flexibility index (Phi) is 1.76. The summed E-state index contributed by atoms with van der Waals surface area (Å²) in [6.45, 7) is 6.80. The Bertz CT molecular complexity index is 187. The van der Waals surface area contributed by atoms with Gasteiger partial charge in [0.05, 0.1) is 6.10 Å². The van der Waals surface area contributed by atoms with Crippen LogP contribution in [0, 0.1) is 23.2 Å². The van der Waals surface area contributed by atoms with Gasteiger partial charge in [0.2, 0.25) is 0 Å². The highest BCUT2D eigenvalue weighted by molar-refractivity contribution is 5.07. The van der Waals surface area contributed by atoms with Crippen molar-refractivity contribution in [2.45, 2.75) is 46.1 Å². The molecule has 1 heteroatoms. The van der Waals surface area contributed by atoms with Crippen molar-refractivity contribution in [3.63, 3.8) is 0 Å². The highest BCUT2D eigenvalue weighted by Gasteiger charge is 2.58. The van der Waals surface area contributed by atoms with Crippen LogP contribution in [0.15, 0.2) is 0 Å². The van der Waals surface area contributed by atoms with Crippen molar-refractivity contribution in [3.8, 4) is 0 Å². The first-order valence-corrected chi connectivity index (χ1v) is 5.23. The number of hydrogen-bond acceptors (Lipinski definition) is 1. The van der Waals surface area contributed by atoms with E-state index in [4.69, 9.17) is 0 Å². The van der Waals surface area contributed by atoms with Crippen molar-refractivity contribution in [3.05, 3.63) is 0 Å². The Morgan fingerprint density at radius 3 is 2.67 bits per heavy atom. The third-order valence-electron chi connectivity index (χ3n) is 4.18. The third kappa shape index (κ3) is 1.10. The van der Waals surface area contributed by atoms with E-state index in [1.165, 1.54) is 19.3 Å². The second-order valence-electron chi connectivity index (χ2n) is 5.40. The maximum atomic E-state index is 10.0. The van der Waals surface area contributed by atoms with Crippen LogP contribution in [0.25, 0.3) is 0 Å². The largest absolute Gasteiger partial charge is 0.393 e. The Labute approximate surface area is 75.2 Å². The molecule has 0 bridgehead atoms. The van der Waals surface area contributed by atoms with Gasteiger partial charge in [0.15, 0.2) is 0 Å². The Hall–Kier alpha value is -0.0400. The van der Waals surface area contributed by atoms with Crippen molar-refractivity contribution in [2.24, 2.45) is 23.2 Å². The quantitative estimate of drug-likeness (QED) is 0.637. The van der Waals surface area contributed by atoms with E-state index in [1.807, 2.05) is 0 Å². The molecule has 0 aromatic rings. The van der Waals surface area contributed by atoms with Crippen LogP contribution in [0.1, 0.15) is 40.0 Å². The second-order valence-corrected chi connectivity index (χ2v) is 5.40. The highest BCUT2D eigenvalue weighted by Crippen LogP contribution is 2.62.